The molecule has 2 aromatic carbocycles. The Balaban J connectivity index is 1.49. The molecule has 0 radical (unpaired) electrons. The van der Waals surface area contributed by atoms with Gasteiger partial charge in [0.05, 0.1) is 37.6 Å². The molecule has 2 atom stereocenters. The molecule has 6 nitrogen and oxygen atoms in total. The summed E-state index contributed by atoms with van der Waals surface area (Å²) in [6.07, 6.45) is 0.786. The first-order valence-electron chi connectivity index (χ1n) is 9.09. The van der Waals surface area contributed by atoms with Gasteiger partial charge in [0, 0.05) is 18.1 Å². The molecule has 2 bridgehead atoms. The molecule has 0 aromatic heterocycles. The zero-order valence-electron chi connectivity index (χ0n) is 15.7. The van der Waals surface area contributed by atoms with Crippen molar-refractivity contribution in [1.82, 2.24) is 4.90 Å². The number of rotatable bonds is 5. The second kappa shape index (κ2) is 7.45. The summed E-state index contributed by atoms with van der Waals surface area (Å²) < 4.78 is 10.2. The van der Waals surface area contributed by atoms with Crippen LogP contribution in [-0.4, -0.2) is 49.6 Å². The first-order chi connectivity index (χ1) is 13.5. The Hall–Kier alpha value is -2.57. The first-order valence-corrected chi connectivity index (χ1v) is 9.47. The fourth-order valence-electron chi connectivity index (χ4n) is 4.10. The minimum Gasteiger partial charge on any atom is -0.495 e. The molecule has 146 valence electrons. The summed E-state index contributed by atoms with van der Waals surface area (Å²) in [5.41, 5.74) is 2.30. The maximum Gasteiger partial charge on any atom is 0.337 e. The number of methoxy groups -OCH3 is 2. The number of carbonyl (C=O) groups is 2. The number of nitrogens with zero attached hydrogens (tertiary/aromatic N) is 2. The highest BCUT2D eigenvalue weighted by Gasteiger charge is 2.50. The van der Waals surface area contributed by atoms with Crippen LogP contribution in [0.5, 0.6) is 5.75 Å². The lowest BCUT2D eigenvalue weighted by Gasteiger charge is -2.34. The van der Waals surface area contributed by atoms with Gasteiger partial charge in [0.25, 0.3) is 0 Å². The van der Waals surface area contributed by atoms with Crippen molar-refractivity contribution < 1.29 is 19.1 Å². The van der Waals surface area contributed by atoms with Crippen LogP contribution in [0.2, 0.25) is 5.02 Å². The molecule has 1 amide bonds. The summed E-state index contributed by atoms with van der Waals surface area (Å²) in [7, 11) is 2.96. The molecule has 0 unspecified atom stereocenters. The van der Waals surface area contributed by atoms with E-state index in [-0.39, 0.29) is 24.0 Å². The number of esters is 1. The predicted molar refractivity (Wildman–Crippen MR) is 106 cm³/mol. The summed E-state index contributed by atoms with van der Waals surface area (Å²) in [5.74, 6) is 0.367. The SMILES string of the molecule is COC(=O)c1ccc(CN2C[C@@H]3C[C@H]2C(=O)N3c2cc(Cl)ccc2OC)cc1. The molecule has 7 heteroatoms. The third-order valence-corrected chi connectivity index (χ3v) is 5.67. The zero-order valence-corrected chi connectivity index (χ0v) is 16.5. The second-order valence-electron chi connectivity index (χ2n) is 7.05. The van der Waals surface area contributed by atoms with Crippen LogP contribution in [0.1, 0.15) is 22.3 Å². The van der Waals surface area contributed by atoms with E-state index in [2.05, 4.69) is 4.90 Å². The molecule has 2 aromatic rings. The largest absolute Gasteiger partial charge is 0.495 e. The van der Waals surface area contributed by atoms with Gasteiger partial charge in [0.1, 0.15) is 5.75 Å². The fourth-order valence-corrected chi connectivity index (χ4v) is 4.27. The van der Waals surface area contributed by atoms with E-state index in [1.165, 1.54) is 7.11 Å². The number of likely N-dealkylation sites (tertiary alicyclic amines) is 1. The standard InChI is InChI=1S/C21H21ClN2O4/c1-27-19-8-7-15(22)9-17(19)24-16-10-18(20(24)25)23(12-16)11-13-3-5-14(6-4-13)21(26)28-2/h3-9,16,18H,10-12H2,1-2H3/t16-,18-/m0/s1. The molecule has 28 heavy (non-hydrogen) atoms. The average Bonchev–Trinajstić information content (AvgIpc) is 3.25. The van der Waals surface area contributed by atoms with E-state index in [4.69, 9.17) is 21.1 Å². The van der Waals surface area contributed by atoms with Gasteiger partial charge in [-0.3, -0.25) is 9.69 Å². The van der Waals surface area contributed by atoms with E-state index >= 15 is 0 Å². The van der Waals surface area contributed by atoms with Crippen molar-refractivity contribution in [2.45, 2.75) is 25.0 Å². The van der Waals surface area contributed by atoms with Crippen LogP contribution >= 0.6 is 11.6 Å². The lowest BCUT2D eigenvalue weighted by Crippen LogP contribution is -2.50. The molecule has 4 rings (SSSR count). The minimum absolute atomic E-state index is 0.0722. The van der Waals surface area contributed by atoms with Crippen LogP contribution in [0.3, 0.4) is 0 Å². The monoisotopic (exact) mass is 400 g/mol. The minimum atomic E-state index is -0.354. The van der Waals surface area contributed by atoms with Gasteiger partial charge < -0.3 is 14.4 Å². The van der Waals surface area contributed by atoms with Crippen molar-refractivity contribution in [1.29, 1.82) is 0 Å². The van der Waals surface area contributed by atoms with Gasteiger partial charge in [-0.1, -0.05) is 23.7 Å². The lowest BCUT2D eigenvalue weighted by atomic mass is 10.1. The molecular weight excluding hydrogens is 380 g/mol. The topological polar surface area (TPSA) is 59.1 Å². The van der Waals surface area contributed by atoms with Crippen molar-refractivity contribution in [2.24, 2.45) is 0 Å². The van der Waals surface area contributed by atoms with E-state index in [1.54, 1.807) is 37.4 Å². The van der Waals surface area contributed by atoms with Gasteiger partial charge in [0.2, 0.25) is 5.91 Å². The first kappa shape index (κ1) is 18.8. The average molecular weight is 401 g/mol. The van der Waals surface area contributed by atoms with Crippen LogP contribution in [0.25, 0.3) is 0 Å². The highest BCUT2D eigenvalue weighted by molar-refractivity contribution is 6.31. The van der Waals surface area contributed by atoms with Crippen LogP contribution in [0, 0.1) is 0 Å². The quantitative estimate of drug-likeness (QED) is 0.722. The van der Waals surface area contributed by atoms with E-state index in [1.807, 2.05) is 17.0 Å². The second-order valence-corrected chi connectivity index (χ2v) is 7.48. The number of fused-ring (bicyclic) bond motifs is 2. The molecule has 2 aliphatic rings. The van der Waals surface area contributed by atoms with Crippen LogP contribution in [0.4, 0.5) is 5.69 Å². The number of piperazine rings is 1. The Kier molecular flexibility index (Phi) is 5.00. The van der Waals surface area contributed by atoms with Crippen molar-refractivity contribution in [3.8, 4) is 5.75 Å². The Morgan fingerprint density at radius 1 is 1.18 bits per heavy atom. The molecule has 2 fully saturated rings. The van der Waals surface area contributed by atoms with Gasteiger partial charge in [0.15, 0.2) is 0 Å². The molecule has 2 heterocycles. The maximum atomic E-state index is 13.1. The Bertz CT molecular complexity index is 915. The molecule has 0 saturated carbocycles. The lowest BCUT2D eigenvalue weighted by molar-refractivity contribution is -0.122. The highest BCUT2D eigenvalue weighted by atomic mass is 35.5. The number of benzene rings is 2. The smallest absolute Gasteiger partial charge is 0.337 e. The number of halogens is 1. The van der Waals surface area contributed by atoms with E-state index in [0.29, 0.717) is 22.9 Å². The Morgan fingerprint density at radius 2 is 1.93 bits per heavy atom. The highest BCUT2D eigenvalue weighted by Crippen LogP contribution is 2.41. The Labute approximate surface area is 168 Å². The summed E-state index contributed by atoms with van der Waals surface area (Å²) >= 11 is 6.15. The number of carbonyl (C=O) groups excluding carboxylic acids is 2. The fraction of sp³-hybridized carbons (Fsp3) is 0.333. The van der Waals surface area contributed by atoms with Gasteiger partial charge >= 0.3 is 5.97 Å². The van der Waals surface area contributed by atoms with E-state index < -0.39 is 0 Å². The third-order valence-electron chi connectivity index (χ3n) is 5.43. The molecule has 2 saturated heterocycles. The van der Waals surface area contributed by atoms with Crippen LogP contribution in [0.15, 0.2) is 42.5 Å². The zero-order chi connectivity index (χ0) is 19.8. The Morgan fingerprint density at radius 3 is 2.57 bits per heavy atom. The summed E-state index contributed by atoms with van der Waals surface area (Å²) in [6, 6.07) is 12.6. The van der Waals surface area contributed by atoms with Crippen molar-refractivity contribution >= 4 is 29.2 Å². The van der Waals surface area contributed by atoms with E-state index in [9.17, 15) is 9.59 Å². The summed E-state index contributed by atoms with van der Waals surface area (Å²) in [4.78, 5) is 28.6. The van der Waals surface area contributed by atoms with Crippen molar-refractivity contribution in [3.63, 3.8) is 0 Å². The van der Waals surface area contributed by atoms with Crippen molar-refractivity contribution in [3.05, 3.63) is 58.6 Å². The normalized spacial score (nSPS) is 21.2. The number of amides is 1. The molecule has 2 aliphatic heterocycles. The molecular formula is C21H21ClN2O4. The predicted octanol–water partition coefficient (Wildman–Crippen LogP) is 3.12. The third kappa shape index (κ3) is 3.23. The number of hydrogen-bond donors (Lipinski definition) is 0. The van der Waals surface area contributed by atoms with Gasteiger partial charge in [-0.15, -0.1) is 0 Å². The summed E-state index contributed by atoms with van der Waals surface area (Å²) in [6.45, 7) is 1.44. The van der Waals surface area contributed by atoms with Crippen molar-refractivity contribution in [2.75, 3.05) is 25.7 Å². The molecule has 0 aliphatic carbocycles. The van der Waals surface area contributed by atoms with E-state index in [0.717, 1.165) is 24.2 Å². The number of hydrogen-bond acceptors (Lipinski definition) is 5. The number of ether oxygens (including phenoxy) is 2. The summed E-state index contributed by atoms with van der Waals surface area (Å²) in [5, 5.41) is 0.578. The van der Waals surface area contributed by atoms with Crippen LogP contribution in [-0.2, 0) is 16.1 Å². The van der Waals surface area contributed by atoms with Crippen LogP contribution < -0.4 is 9.64 Å². The van der Waals surface area contributed by atoms with Gasteiger partial charge in [-0.2, -0.15) is 0 Å². The molecule has 0 N–H and O–H groups in total. The van der Waals surface area contributed by atoms with Gasteiger partial charge in [-0.05, 0) is 42.3 Å². The number of anilines is 1. The van der Waals surface area contributed by atoms with Gasteiger partial charge in [-0.25, -0.2) is 4.79 Å². The molecule has 0 spiro atoms. The maximum absolute atomic E-state index is 13.1.